The van der Waals surface area contributed by atoms with Crippen LogP contribution in [0.5, 0.6) is 5.75 Å². The van der Waals surface area contributed by atoms with Crippen LogP contribution in [0.4, 0.5) is 9.93 Å². The van der Waals surface area contributed by atoms with Gasteiger partial charge in [0.25, 0.3) is 0 Å². The van der Waals surface area contributed by atoms with E-state index in [1.54, 1.807) is 13.1 Å². The highest BCUT2D eigenvalue weighted by Crippen LogP contribution is 2.35. The summed E-state index contributed by atoms with van der Waals surface area (Å²) in [4.78, 5) is 14.9. The van der Waals surface area contributed by atoms with Crippen molar-refractivity contribution in [3.8, 4) is 5.75 Å². The zero-order valence-electron chi connectivity index (χ0n) is 15.7. The quantitative estimate of drug-likeness (QED) is 0.734. The number of benzene rings is 1. The molecule has 1 aliphatic rings. The molecule has 0 bridgehead atoms. The second-order valence-corrected chi connectivity index (χ2v) is 7.75. The fourth-order valence-electron chi connectivity index (χ4n) is 2.95. The Morgan fingerprint density at radius 1 is 1.41 bits per heavy atom. The Morgan fingerprint density at radius 3 is 2.78 bits per heavy atom. The van der Waals surface area contributed by atoms with E-state index in [0.717, 1.165) is 11.3 Å². The Hall–Kier alpha value is -2.45. The first kappa shape index (κ1) is 19.3. The molecule has 1 N–H and O–H groups in total. The molecule has 2 unspecified atom stereocenters. The minimum absolute atomic E-state index is 0.238. The SMILES string of the molecule is C=CCC(Oc1ccccc1C(C)C)c1nnc(N2C(=O)N(C)CC2O)s1. The first-order chi connectivity index (χ1) is 12.9. The fraction of sp³-hybridized carbons (Fsp3) is 0.421. The lowest BCUT2D eigenvalue weighted by molar-refractivity contribution is 0.183. The number of likely N-dealkylation sites (N-methyl/N-ethyl adjacent to an activating group) is 1. The van der Waals surface area contributed by atoms with Crippen LogP contribution < -0.4 is 9.64 Å². The lowest BCUT2D eigenvalue weighted by Gasteiger charge is -2.19. The van der Waals surface area contributed by atoms with Crippen LogP contribution in [0.2, 0.25) is 0 Å². The van der Waals surface area contributed by atoms with Crippen molar-refractivity contribution in [2.75, 3.05) is 18.5 Å². The van der Waals surface area contributed by atoms with Gasteiger partial charge in [0.15, 0.2) is 17.3 Å². The summed E-state index contributed by atoms with van der Waals surface area (Å²) in [5, 5.41) is 19.4. The molecule has 2 atom stereocenters. The molecule has 27 heavy (non-hydrogen) atoms. The summed E-state index contributed by atoms with van der Waals surface area (Å²) in [6.07, 6.45) is 1.04. The van der Waals surface area contributed by atoms with Crippen molar-refractivity contribution in [2.45, 2.75) is 38.5 Å². The van der Waals surface area contributed by atoms with E-state index >= 15 is 0 Å². The van der Waals surface area contributed by atoms with Crippen LogP contribution in [0, 0.1) is 0 Å². The second-order valence-electron chi connectivity index (χ2n) is 6.76. The molecule has 1 aromatic heterocycles. The van der Waals surface area contributed by atoms with E-state index in [-0.39, 0.29) is 18.7 Å². The maximum absolute atomic E-state index is 12.2. The molecule has 0 aliphatic carbocycles. The van der Waals surface area contributed by atoms with Crippen LogP contribution in [0.1, 0.15) is 42.9 Å². The molecule has 144 valence electrons. The summed E-state index contributed by atoms with van der Waals surface area (Å²) in [6.45, 7) is 8.28. The number of para-hydroxylation sites is 1. The highest BCUT2D eigenvalue weighted by molar-refractivity contribution is 7.15. The predicted octanol–water partition coefficient (Wildman–Crippen LogP) is 3.55. The summed E-state index contributed by atoms with van der Waals surface area (Å²) in [7, 11) is 1.64. The molecule has 3 rings (SSSR count). The lowest BCUT2D eigenvalue weighted by atomic mass is 10.0. The van der Waals surface area contributed by atoms with Gasteiger partial charge in [0.05, 0.1) is 6.54 Å². The van der Waals surface area contributed by atoms with E-state index < -0.39 is 6.23 Å². The summed E-state index contributed by atoms with van der Waals surface area (Å²) in [5.41, 5.74) is 1.11. The van der Waals surface area contributed by atoms with Crippen LogP contribution in [0.3, 0.4) is 0 Å². The molecule has 8 heteroatoms. The third-order valence-electron chi connectivity index (χ3n) is 4.37. The van der Waals surface area contributed by atoms with Gasteiger partial charge in [0.2, 0.25) is 5.13 Å². The van der Waals surface area contributed by atoms with E-state index in [0.29, 0.717) is 22.5 Å². The van der Waals surface area contributed by atoms with Gasteiger partial charge >= 0.3 is 6.03 Å². The Labute approximate surface area is 162 Å². The number of anilines is 1. The standard InChI is InChI=1S/C19H24N4O3S/c1-5-8-15(26-14-10-7-6-9-13(14)12(2)3)17-20-21-18(27-17)23-16(24)11-22(4)19(23)25/h5-7,9-10,12,15-16,24H,1,8,11H2,2-4H3. The number of aliphatic hydroxyl groups excluding tert-OH is 1. The van der Waals surface area contributed by atoms with E-state index in [1.807, 2.05) is 24.3 Å². The van der Waals surface area contributed by atoms with Crippen molar-refractivity contribution in [3.05, 3.63) is 47.5 Å². The second kappa shape index (κ2) is 8.06. The topological polar surface area (TPSA) is 78.8 Å². The number of carbonyl (C=O) groups excluding carboxylic acids is 1. The van der Waals surface area contributed by atoms with Crippen LogP contribution in [0.15, 0.2) is 36.9 Å². The predicted molar refractivity (Wildman–Crippen MR) is 105 cm³/mol. The molecule has 0 spiro atoms. The van der Waals surface area contributed by atoms with Gasteiger partial charge in [-0.15, -0.1) is 16.8 Å². The minimum atomic E-state index is -0.927. The number of carbonyl (C=O) groups is 1. The average Bonchev–Trinajstić information content (AvgIpc) is 3.19. The van der Waals surface area contributed by atoms with Crippen LogP contribution in [-0.2, 0) is 0 Å². The van der Waals surface area contributed by atoms with E-state index in [9.17, 15) is 9.90 Å². The van der Waals surface area contributed by atoms with E-state index in [1.165, 1.54) is 21.1 Å². The van der Waals surface area contributed by atoms with Crippen LogP contribution in [0.25, 0.3) is 0 Å². The molecule has 2 heterocycles. The molecular formula is C19H24N4O3S. The van der Waals surface area contributed by atoms with Gasteiger partial charge in [0, 0.05) is 13.5 Å². The molecular weight excluding hydrogens is 364 g/mol. The maximum Gasteiger partial charge on any atom is 0.328 e. The van der Waals surface area contributed by atoms with Gasteiger partial charge in [-0.3, -0.25) is 0 Å². The van der Waals surface area contributed by atoms with Crippen molar-refractivity contribution >= 4 is 22.5 Å². The number of aromatic nitrogens is 2. The Morgan fingerprint density at radius 2 is 2.15 bits per heavy atom. The highest BCUT2D eigenvalue weighted by atomic mass is 32.1. The van der Waals surface area contributed by atoms with Crippen molar-refractivity contribution in [3.63, 3.8) is 0 Å². The van der Waals surface area contributed by atoms with E-state index in [2.05, 4.69) is 30.6 Å². The average molecular weight is 388 g/mol. The maximum atomic E-state index is 12.2. The summed E-state index contributed by atoms with van der Waals surface area (Å²) < 4.78 is 6.24. The van der Waals surface area contributed by atoms with Gasteiger partial charge < -0.3 is 14.7 Å². The normalized spacial score (nSPS) is 18.3. The smallest absolute Gasteiger partial charge is 0.328 e. The number of ether oxygens (including phenoxy) is 1. The van der Waals surface area contributed by atoms with Crippen molar-refractivity contribution < 1.29 is 14.6 Å². The van der Waals surface area contributed by atoms with Gasteiger partial charge in [-0.2, -0.15) is 0 Å². The number of urea groups is 1. The molecule has 1 aromatic carbocycles. The highest BCUT2D eigenvalue weighted by Gasteiger charge is 2.37. The molecule has 0 radical (unpaired) electrons. The van der Waals surface area contributed by atoms with Gasteiger partial charge in [0.1, 0.15) is 5.75 Å². The molecule has 1 saturated heterocycles. The molecule has 1 aliphatic heterocycles. The van der Waals surface area contributed by atoms with E-state index in [4.69, 9.17) is 4.74 Å². The Bertz CT molecular complexity index is 823. The molecule has 2 amide bonds. The molecule has 1 fully saturated rings. The lowest BCUT2D eigenvalue weighted by Crippen LogP contribution is -2.34. The third-order valence-corrected chi connectivity index (χ3v) is 5.38. The zero-order valence-corrected chi connectivity index (χ0v) is 16.5. The number of hydrogen-bond donors (Lipinski definition) is 1. The Balaban J connectivity index is 1.86. The van der Waals surface area contributed by atoms with Crippen LogP contribution in [-0.4, -0.2) is 46.1 Å². The first-order valence-electron chi connectivity index (χ1n) is 8.84. The van der Waals surface area contributed by atoms with Gasteiger partial charge in [-0.05, 0) is 17.5 Å². The van der Waals surface area contributed by atoms with Gasteiger partial charge in [-0.25, -0.2) is 9.69 Å². The summed E-state index contributed by atoms with van der Waals surface area (Å²) in [6, 6.07) is 7.62. The van der Waals surface area contributed by atoms with Crippen LogP contribution >= 0.6 is 11.3 Å². The fourth-order valence-corrected chi connectivity index (χ4v) is 3.87. The van der Waals surface area contributed by atoms with Gasteiger partial charge in [-0.1, -0.05) is 49.5 Å². The monoisotopic (exact) mass is 388 g/mol. The van der Waals surface area contributed by atoms with Crippen molar-refractivity contribution in [1.82, 2.24) is 15.1 Å². The number of β-amino-alcohol motifs (C(OH)–C–C–N with tert-alkyl or cyclic N) is 1. The number of rotatable bonds is 7. The molecule has 0 saturated carbocycles. The number of nitrogens with zero attached hydrogens (tertiary/aromatic N) is 4. The number of amides is 2. The minimum Gasteiger partial charge on any atom is -0.483 e. The molecule has 7 nitrogen and oxygen atoms in total. The third kappa shape index (κ3) is 3.96. The molecule has 2 aromatic rings. The summed E-state index contributed by atoms with van der Waals surface area (Å²) in [5.74, 6) is 1.12. The number of hydrogen-bond acceptors (Lipinski definition) is 6. The summed E-state index contributed by atoms with van der Waals surface area (Å²) >= 11 is 1.24. The first-order valence-corrected chi connectivity index (χ1v) is 9.66. The zero-order chi connectivity index (χ0) is 19.6. The number of aliphatic hydroxyl groups is 1. The largest absolute Gasteiger partial charge is 0.483 e. The van der Waals surface area contributed by atoms with Crippen molar-refractivity contribution in [1.29, 1.82) is 0 Å². The van der Waals surface area contributed by atoms with Crippen molar-refractivity contribution in [2.24, 2.45) is 0 Å². The Kier molecular flexibility index (Phi) is 5.76.